The Labute approximate surface area is 108 Å². The number of hydrogen-bond donors (Lipinski definition) is 1. The van der Waals surface area contributed by atoms with E-state index in [1.807, 2.05) is 29.7 Å². The van der Waals surface area contributed by atoms with Crippen molar-refractivity contribution in [2.75, 3.05) is 25.9 Å². The highest BCUT2D eigenvalue weighted by molar-refractivity contribution is 8.00. The van der Waals surface area contributed by atoms with Gasteiger partial charge in [-0.25, -0.2) is 0 Å². The lowest BCUT2D eigenvalue weighted by molar-refractivity contribution is 0.192. The number of aromatic nitrogens is 2. The maximum absolute atomic E-state index is 5.90. The third-order valence-electron chi connectivity index (χ3n) is 3.73. The van der Waals surface area contributed by atoms with E-state index >= 15 is 0 Å². The topological polar surface area (TPSA) is 47.1 Å². The third kappa shape index (κ3) is 3.03. The minimum absolute atomic E-state index is 0.320. The minimum atomic E-state index is 0.320. The lowest BCUT2D eigenvalue weighted by Gasteiger charge is -2.39. The molecule has 0 atom stereocenters. The normalized spacial score (nSPS) is 20.6. The van der Waals surface area contributed by atoms with Crippen molar-refractivity contribution >= 4 is 11.8 Å². The van der Waals surface area contributed by atoms with Crippen LogP contribution in [0.2, 0.25) is 0 Å². The Balaban J connectivity index is 1.87. The molecule has 0 aromatic carbocycles. The molecule has 96 valence electrons. The Morgan fingerprint density at radius 2 is 2.18 bits per heavy atom. The second-order valence-electron chi connectivity index (χ2n) is 4.85. The molecule has 0 saturated carbocycles. The summed E-state index contributed by atoms with van der Waals surface area (Å²) in [6.07, 6.45) is 6.57. The van der Waals surface area contributed by atoms with Crippen LogP contribution < -0.4 is 5.73 Å². The summed E-state index contributed by atoms with van der Waals surface area (Å²) in [7, 11) is 1.97. The van der Waals surface area contributed by atoms with Crippen molar-refractivity contribution < 1.29 is 0 Å². The molecule has 1 aromatic rings. The highest BCUT2D eigenvalue weighted by Gasteiger charge is 2.32. The summed E-state index contributed by atoms with van der Waals surface area (Å²) in [5.74, 6) is 0. The van der Waals surface area contributed by atoms with Crippen LogP contribution in [0, 0.1) is 0 Å². The second kappa shape index (κ2) is 5.42. The Hall–Kier alpha value is -0.520. The smallest absolute Gasteiger partial charge is 0.0764 e. The van der Waals surface area contributed by atoms with Gasteiger partial charge in [-0.15, -0.1) is 0 Å². The quantitative estimate of drug-likeness (QED) is 0.873. The van der Waals surface area contributed by atoms with Crippen LogP contribution in [0.4, 0.5) is 0 Å². The Kier molecular flexibility index (Phi) is 4.12. The van der Waals surface area contributed by atoms with Gasteiger partial charge >= 0.3 is 0 Å². The van der Waals surface area contributed by atoms with Crippen molar-refractivity contribution in [2.45, 2.75) is 24.1 Å². The van der Waals surface area contributed by atoms with Crippen LogP contribution in [0.25, 0.3) is 0 Å². The first kappa shape index (κ1) is 12.9. The SMILES string of the molecule is CSC1(CN)CCN(Cc2ccn(C)n2)CC1. The molecule has 1 aromatic heterocycles. The molecule has 1 saturated heterocycles. The summed E-state index contributed by atoms with van der Waals surface area (Å²) in [5, 5.41) is 4.43. The average Bonchev–Trinajstić information content (AvgIpc) is 2.76. The number of piperidine rings is 1. The van der Waals surface area contributed by atoms with Gasteiger partial charge in [0.05, 0.1) is 5.69 Å². The summed E-state index contributed by atoms with van der Waals surface area (Å²) in [4.78, 5) is 2.48. The van der Waals surface area contributed by atoms with E-state index in [-0.39, 0.29) is 0 Å². The van der Waals surface area contributed by atoms with Crippen LogP contribution >= 0.6 is 11.8 Å². The van der Waals surface area contributed by atoms with Gasteiger partial charge in [0.2, 0.25) is 0 Å². The number of rotatable bonds is 4. The molecule has 2 rings (SSSR count). The number of nitrogens with two attached hydrogens (primary N) is 1. The van der Waals surface area contributed by atoms with Gasteiger partial charge in [-0.05, 0) is 38.3 Å². The third-order valence-corrected chi connectivity index (χ3v) is 5.17. The van der Waals surface area contributed by atoms with Crippen LogP contribution in [0.5, 0.6) is 0 Å². The Morgan fingerprint density at radius 3 is 2.65 bits per heavy atom. The van der Waals surface area contributed by atoms with Crippen LogP contribution in [0.15, 0.2) is 12.3 Å². The molecular formula is C12H22N4S. The largest absolute Gasteiger partial charge is 0.329 e. The van der Waals surface area contributed by atoms with E-state index in [0.29, 0.717) is 4.75 Å². The van der Waals surface area contributed by atoms with E-state index < -0.39 is 0 Å². The van der Waals surface area contributed by atoms with Crippen LogP contribution in [0.1, 0.15) is 18.5 Å². The molecule has 5 heteroatoms. The van der Waals surface area contributed by atoms with Gasteiger partial charge in [-0.3, -0.25) is 9.58 Å². The first-order chi connectivity index (χ1) is 8.17. The summed E-state index contributed by atoms with van der Waals surface area (Å²) < 4.78 is 2.19. The van der Waals surface area contributed by atoms with Crippen LogP contribution in [-0.2, 0) is 13.6 Å². The first-order valence-electron chi connectivity index (χ1n) is 6.13. The van der Waals surface area contributed by atoms with Gasteiger partial charge in [0.1, 0.15) is 0 Å². The molecular weight excluding hydrogens is 232 g/mol. The van der Waals surface area contributed by atoms with Gasteiger partial charge in [0.15, 0.2) is 0 Å². The molecule has 0 unspecified atom stereocenters. The van der Waals surface area contributed by atoms with Crippen molar-refractivity contribution in [3.8, 4) is 0 Å². The molecule has 2 heterocycles. The lowest BCUT2D eigenvalue weighted by Crippen LogP contribution is -2.46. The molecule has 0 amide bonds. The fourth-order valence-corrected chi connectivity index (χ4v) is 3.14. The predicted octanol–water partition coefficient (Wildman–Crippen LogP) is 1.08. The van der Waals surface area contributed by atoms with Crippen LogP contribution in [-0.4, -0.2) is 45.3 Å². The molecule has 0 aliphatic carbocycles. The van der Waals surface area contributed by atoms with Crippen molar-refractivity contribution in [2.24, 2.45) is 12.8 Å². The van der Waals surface area contributed by atoms with E-state index in [2.05, 4.69) is 22.3 Å². The van der Waals surface area contributed by atoms with Crippen molar-refractivity contribution in [1.29, 1.82) is 0 Å². The summed E-state index contributed by atoms with van der Waals surface area (Å²) >= 11 is 1.93. The fraction of sp³-hybridized carbons (Fsp3) is 0.750. The van der Waals surface area contributed by atoms with Gasteiger partial charge in [0.25, 0.3) is 0 Å². The van der Waals surface area contributed by atoms with E-state index in [4.69, 9.17) is 5.73 Å². The van der Waals surface area contributed by atoms with Gasteiger partial charge < -0.3 is 5.73 Å². The maximum Gasteiger partial charge on any atom is 0.0764 e. The van der Waals surface area contributed by atoms with Crippen molar-refractivity contribution in [3.63, 3.8) is 0 Å². The van der Waals surface area contributed by atoms with Gasteiger partial charge in [-0.2, -0.15) is 16.9 Å². The standard InChI is InChI=1S/C12H22N4S/c1-15-6-3-11(14-15)9-16-7-4-12(10-13,17-2)5-8-16/h3,6H,4-5,7-10,13H2,1-2H3. The number of likely N-dealkylation sites (tertiary alicyclic amines) is 1. The number of hydrogen-bond acceptors (Lipinski definition) is 4. The monoisotopic (exact) mass is 254 g/mol. The highest BCUT2D eigenvalue weighted by atomic mass is 32.2. The molecule has 0 spiro atoms. The highest BCUT2D eigenvalue weighted by Crippen LogP contribution is 2.33. The first-order valence-corrected chi connectivity index (χ1v) is 7.36. The predicted molar refractivity (Wildman–Crippen MR) is 73.0 cm³/mol. The number of thioether (sulfide) groups is 1. The molecule has 1 fully saturated rings. The summed E-state index contributed by atoms with van der Waals surface area (Å²) in [5.41, 5.74) is 7.06. The van der Waals surface area contributed by atoms with E-state index in [0.717, 1.165) is 31.9 Å². The Morgan fingerprint density at radius 1 is 1.47 bits per heavy atom. The fourth-order valence-electron chi connectivity index (χ4n) is 2.39. The molecule has 17 heavy (non-hydrogen) atoms. The van der Waals surface area contributed by atoms with Crippen LogP contribution in [0.3, 0.4) is 0 Å². The van der Waals surface area contributed by atoms with Crippen molar-refractivity contribution in [3.05, 3.63) is 18.0 Å². The molecule has 4 nitrogen and oxygen atoms in total. The van der Waals surface area contributed by atoms with Crippen molar-refractivity contribution in [1.82, 2.24) is 14.7 Å². The molecule has 1 aliphatic rings. The molecule has 0 bridgehead atoms. The molecule has 1 aliphatic heterocycles. The van der Waals surface area contributed by atoms with Gasteiger partial charge in [0, 0.05) is 31.1 Å². The zero-order valence-corrected chi connectivity index (χ0v) is 11.5. The number of nitrogens with zero attached hydrogens (tertiary/aromatic N) is 3. The van der Waals surface area contributed by atoms with E-state index in [1.54, 1.807) is 0 Å². The molecule has 0 radical (unpaired) electrons. The zero-order valence-electron chi connectivity index (χ0n) is 10.7. The molecule has 2 N–H and O–H groups in total. The Bertz CT molecular complexity index is 349. The van der Waals surface area contributed by atoms with E-state index in [1.165, 1.54) is 12.8 Å². The average molecular weight is 254 g/mol. The van der Waals surface area contributed by atoms with E-state index in [9.17, 15) is 0 Å². The zero-order chi connectivity index (χ0) is 12.3. The maximum atomic E-state index is 5.90. The minimum Gasteiger partial charge on any atom is -0.329 e. The number of aryl methyl sites for hydroxylation is 1. The summed E-state index contributed by atoms with van der Waals surface area (Å²) in [6.45, 7) is 4.03. The second-order valence-corrected chi connectivity index (χ2v) is 6.12. The van der Waals surface area contributed by atoms with Gasteiger partial charge in [-0.1, -0.05) is 0 Å². The lowest BCUT2D eigenvalue weighted by atomic mass is 9.95. The summed E-state index contributed by atoms with van der Waals surface area (Å²) in [6, 6.07) is 2.10.